The number of halogens is 3. The summed E-state index contributed by atoms with van der Waals surface area (Å²) in [5, 5.41) is 4.92. The van der Waals surface area contributed by atoms with Gasteiger partial charge in [-0.05, 0) is 24.0 Å². The first-order valence-electron chi connectivity index (χ1n) is 8.17. The van der Waals surface area contributed by atoms with Crippen molar-refractivity contribution in [3.63, 3.8) is 0 Å². The van der Waals surface area contributed by atoms with Crippen LogP contribution in [0.25, 0.3) is 0 Å². The summed E-state index contributed by atoms with van der Waals surface area (Å²) in [4.78, 5) is 25.8. The quantitative estimate of drug-likeness (QED) is 0.711. The maximum Gasteiger partial charge on any atom is 0.243 e. The fraction of sp³-hybridized carbons (Fsp3) is 0.529. The van der Waals surface area contributed by atoms with Gasteiger partial charge in [-0.1, -0.05) is 13.8 Å². The number of hydrogen-bond acceptors (Lipinski definition) is 4. The highest BCUT2D eigenvalue weighted by Crippen LogP contribution is 2.27. The Morgan fingerprint density at radius 3 is 2.58 bits per heavy atom. The van der Waals surface area contributed by atoms with Crippen LogP contribution in [0, 0.1) is 17.0 Å². The average molecular weight is 391 g/mol. The molecule has 1 aliphatic rings. The summed E-state index contributed by atoms with van der Waals surface area (Å²) in [5.41, 5.74) is 6.13. The van der Waals surface area contributed by atoms with E-state index >= 15 is 0 Å². The molecular formula is C17H25ClF2N4O2. The highest BCUT2D eigenvalue weighted by molar-refractivity contribution is 5.94. The van der Waals surface area contributed by atoms with E-state index in [0.717, 1.165) is 25.1 Å². The number of amides is 2. The SMILES string of the molecule is CC1(C)CN(CC(=O)NCC(=O)Nc2ccc(F)c(F)c2)CCC1N.Cl. The van der Waals surface area contributed by atoms with E-state index in [2.05, 4.69) is 24.5 Å². The second kappa shape index (κ2) is 9.25. The Hall–Kier alpha value is -1.77. The van der Waals surface area contributed by atoms with Gasteiger partial charge < -0.3 is 16.4 Å². The van der Waals surface area contributed by atoms with Crippen molar-refractivity contribution in [2.45, 2.75) is 26.3 Å². The summed E-state index contributed by atoms with van der Waals surface area (Å²) in [7, 11) is 0. The average Bonchev–Trinajstić information content (AvgIpc) is 2.52. The summed E-state index contributed by atoms with van der Waals surface area (Å²) in [6.07, 6.45) is 0.816. The summed E-state index contributed by atoms with van der Waals surface area (Å²) in [6, 6.07) is 3.16. The lowest BCUT2D eigenvalue weighted by molar-refractivity contribution is -0.125. The van der Waals surface area contributed by atoms with Gasteiger partial charge in [-0.3, -0.25) is 14.5 Å². The third kappa shape index (κ3) is 6.19. The molecule has 1 atom stereocenters. The van der Waals surface area contributed by atoms with E-state index in [1.165, 1.54) is 6.07 Å². The molecule has 0 spiro atoms. The van der Waals surface area contributed by atoms with Crippen molar-refractivity contribution in [2.24, 2.45) is 11.1 Å². The van der Waals surface area contributed by atoms with Gasteiger partial charge in [0.05, 0.1) is 13.1 Å². The molecule has 1 saturated heterocycles. The smallest absolute Gasteiger partial charge is 0.243 e. The maximum atomic E-state index is 13.1. The van der Waals surface area contributed by atoms with Gasteiger partial charge in [0, 0.05) is 30.9 Å². The molecule has 26 heavy (non-hydrogen) atoms. The lowest BCUT2D eigenvalue weighted by Crippen LogP contribution is -2.54. The number of hydrogen-bond donors (Lipinski definition) is 3. The molecule has 0 aliphatic carbocycles. The van der Waals surface area contributed by atoms with Crippen LogP contribution >= 0.6 is 12.4 Å². The van der Waals surface area contributed by atoms with Gasteiger partial charge in [0.25, 0.3) is 0 Å². The van der Waals surface area contributed by atoms with E-state index in [0.29, 0.717) is 6.54 Å². The molecule has 1 heterocycles. The Balaban J connectivity index is 0.00000338. The third-order valence-corrected chi connectivity index (χ3v) is 4.41. The molecular weight excluding hydrogens is 366 g/mol. The van der Waals surface area contributed by atoms with Crippen LogP contribution in [0.15, 0.2) is 18.2 Å². The molecule has 0 radical (unpaired) electrons. The minimum Gasteiger partial charge on any atom is -0.346 e. The largest absolute Gasteiger partial charge is 0.346 e. The van der Waals surface area contributed by atoms with Crippen molar-refractivity contribution in [1.29, 1.82) is 0 Å². The van der Waals surface area contributed by atoms with Gasteiger partial charge in [-0.15, -0.1) is 12.4 Å². The second-order valence-corrected chi connectivity index (χ2v) is 7.05. The van der Waals surface area contributed by atoms with Gasteiger partial charge in [0.15, 0.2) is 11.6 Å². The first kappa shape index (κ1) is 22.3. The first-order chi connectivity index (χ1) is 11.7. The second-order valence-electron chi connectivity index (χ2n) is 7.05. The van der Waals surface area contributed by atoms with E-state index < -0.39 is 17.5 Å². The van der Waals surface area contributed by atoms with Gasteiger partial charge in [-0.25, -0.2) is 8.78 Å². The van der Waals surface area contributed by atoms with Crippen LogP contribution in [-0.4, -0.2) is 48.9 Å². The van der Waals surface area contributed by atoms with Gasteiger partial charge in [0.2, 0.25) is 11.8 Å². The zero-order valence-corrected chi connectivity index (χ0v) is 15.7. The number of benzene rings is 1. The van der Waals surface area contributed by atoms with Crippen LogP contribution in [-0.2, 0) is 9.59 Å². The molecule has 9 heteroatoms. The zero-order chi connectivity index (χ0) is 18.6. The molecule has 1 aromatic rings. The van der Waals surface area contributed by atoms with Gasteiger partial charge in [0.1, 0.15) is 0 Å². The Bertz CT molecular complexity index is 658. The lowest BCUT2D eigenvalue weighted by Gasteiger charge is -2.42. The molecule has 0 saturated carbocycles. The van der Waals surface area contributed by atoms with Crippen LogP contribution in [0.2, 0.25) is 0 Å². The summed E-state index contributed by atoms with van der Waals surface area (Å²) >= 11 is 0. The van der Waals surface area contributed by atoms with Crippen molar-refractivity contribution in [3.8, 4) is 0 Å². The summed E-state index contributed by atoms with van der Waals surface area (Å²) in [5.74, 6) is -2.82. The highest BCUT2D eigenvalue weighted by atomic mass is 35.5. The zero-order valence-electron chi connectivity index (χ0n) is 14.9. The van der Waals surface area contributed by atoms with Gasteiger partial charge >= 0.3 is 0 Å². The van der Waals surface area contributed by atoms with Crippen molar-refractivity contribution in [1.82, 2.24) is 10.2 Å². The minimum atomic E-state index is -1.05. The number of piperidine rings is 1. The molecule has 0 aromatic heterocycles. The van der Waals surface area contributed by atoms with E-state index in [4.69, 9.17) is 5.73 Å². The molecule has 1 fully saturated rings. The molecule has 0 bridgehead atoms. The number of nitrogens with one attached hydrogen (secondary N) is 2. The number of carbonyl (C=O) groups is 2. The van der Waals surface area contributed by atoms with E-state index in [9.17, 15) is 18.4 Å². The van der Waals surface area contributed by atoms with Crippen LogP contribution in [0.1, 0.15) is 20.3 Å². The van der Waals surface area contributed by atoms with Crippen LogP contribution in [0.5, 0.6) is 0 Å². The molecule has 2 rings (SSSR count). The third-order valence-electron chi connectivity index (χ3n) is 4.41. The van der Waals surface area contributed by atoms with Crippen molar-refractivity contribution in [3.05, 3.63) is 29.8 Å². The van der Waals surface area contributed by atoms with Gasteiger partial charge in [-0.2, -0.15) is 0 Å². The highest BCUT2D eigenvalue weighted by Gasteiger charge is 2.33. The normalized spacial score (nSPS) is 19.3. The Morgan fingerprint density at radius 1 is 1.27 bits per heavy atom. The summed E-state index contributed by atoms with van der Waals surface area (Å²) < 4.78 is 25.9. The Labute approximate surface area is 157 Å². The summed E-state index contributed by atoms with van der Waals surface area (Å²) in [6.45, 7) is 5.53. The Morgan fingerprint density at radius 2 is 1.96 bits per heavy atom. The molecule has 1 aromatic carbocycles. The van der Waals surface area contributed by atoms with E-state index in [1.54, 1.807) is 0 Å². The number of anilines is 1. The molecule has 6 nitrogen and oxygen atoms in total. The molecule has 1 unspecified atom stereocenters. The molecule has 4 N–H and O–H groups in total. The first-order valence-corrected chi connectivity index (χ1v) is 8.17. The maximum absolute atomic E-state index is 13.1. The number of carbonyl (C=O) groups excluding carboxylic acids is 2. The lowest BCUT2D eigenvalue weighted by atomic mass is 9.80. The Kier molecular flexibility index (Phi) is 7.92. The molecule has 2 amide bonds. The predicted molar refractivity (Wildman–Crippen MR) is 98.1 cm³/mol. The van der Waals surface area contributed by atoms with E-state index in [-0.39, 0.29) is 48.5 Å². The topological polar surface area (TPSA) is 87.5 Å². The van der Waals surface area contributed by atoms with E-state index in [1.807, 2.05) is 4.90 Å². The van der Waals surface area contributed by atoms with Crippen molar-refractivity contribution in [2.75, 3.05) is 31.5 Å². The monoisotopic (exact) mass is 390 g/mol. The van der Waals surface area contributed by atoms with Crippen LogP contribution in [0.4, 0.5) is 14.5 Å². The molecule has 146 valence electrons. The number of likely N-dealkylation sites (tertiary alicyclic amines) is 1. The standard InChI is InChI=1S/C17H24F2N4O2.ClH/c1-17(2)10-23(6-5-14(17)20)9-16(25)21-8-15(24)22-11-3-4-12(18)13(19)7-11;/h3-4,7,14H,5-6,8-10,20H2,1-2H3,(H,21,25)(H,22,24);1H. The fourth-order valence-electron chi connectivity index (χ4n) is 2.84. The van der Waals surface area contributed by atoms with Crippen molar-refractivity contribution < 1.29 is 18.4 Å². The molecule has 1 aliphatic heterocycles. The number of rotatable bonds is 5. The minimum absolute atomic E-state index is 0. The number of nitrogens with two attached hydrogens (primary N) is 1. The fourth-order valence-corrected chi connectivity index (χ4v) is 2.84. The number of nitrogens with zero attached hydrogens (tertiary/aromatic N) is 1. The van der Waals surface area contributed by atoms with Crippen molar-refractivity contribution >= 4 is 29.9 Å². The van der Waals surface area contributed by atoms with Crippen LogP contribution in [0.3, 0.4) is 0 Å². The predicted octanol–water partition coefficient (Wildman–Crippen LogP) is 1.50. The van der Waals surface area contributed by atoms with Crippen LogP contribution < -0.4 is 16.4 Å².